The molecule has 6 rings (SSSR count). The van der Waals surface area contributed by atoms with Crippen LogP contribution >= 0.6 is 0 Å². The number of aromatic nitrogens is 5. The molecule has 8 bridgehead atoms. The van der Waals surface area contributed by atoms with Gasteiger partial charge in [-0.05, 0) is 97.3 Å². The van der Waals surface area contributed by atoms with E-state index in [1.807, 2.05) is 36.6 Å². The zero-order valence-corrected chi connectivity index (χ0v) is 19.0. The van der Waals surface area contributed by atoms with Gasteiger partial charge in [0.15, 0.2) is 0 Å². The normalized spacial score (nSPS) is 12.4. The van der Waals surface area contributed by atoms with Gasteiger partial charge >= 0.3 is 0 Å². The third-order valence-electron chi connectivity index (χ3n) is 6.09. The highest BCUT2D eigenvalue weighted by molar-refractivity contribution is 5.86. The Morgan fingerprint density at radius 1 is 0.676 bits per heavy atom. The largest absolute Gasteiger partial charge is 0.355 e. The molecular weight excluding hydrogens is 418 g/mol. The summed E-state index contributed by atoms with van der Waals surface area (Å²) >= 11 is 0. The van der Waals surface area contributed by atoms with Crippen LogP contribution in [0.25, 0.3) is 57.6 Å². The lowest BCUT2D eigenvalue weighted by atomic mass is 10.1. The Hall–Kier alpha value is -4.25. The quantitative estimate of drug-likeness (QED) is 0.306. The smallest absolute Gasteiger partial charge is 0.0726 e. The summed E-state index contributed by atoms with van der Waals surface area (Å²) in [6.45, 7) is 2.22. The average molecular weight is 444 g/mol. The third-order valence-corrected chi connectivity index (χ3v) is 6.09. The maximum Gasteiger partial charge on any atom is 0.0726 e. The predicted octanol–water partition coefficient (Wildman–Crippen LogP) is 7.06. The number of nitrogens with zero attached hydrogens (tertiary/aromatic N) is 3. The Bertz CT molecular complexity index is 1600. The molecule has 0 spiro atoms. The van der Waals surface area contributed by atoms with Gasteiger partial charge in [0, 0.05) is 28.3 Å². The first-order valence-electron chi connectivity index (χ1n) is 11.8. The molecule has 5 nitrogen and oxygen atoms in total. The molecule has 0 saturated heterocycles. The number of unbranched alkanes of at least 4 members (excludes halogenated alkanes) is 1. The fourth-order valence-electron chi connectivity index (χ4n) is 4.39. The summed E-state index contributed by atoms with van der Waals surface area (Å²) < 4.78 is 0. The van der Waals surface area contributed by atoms with Crippen LogP contribution in [0.15, 0.2) is 60.8 Å². The molecule has 0 amide bonds. The summed E-state index contributed by atoms with van der Waals surface area (Å²) in [7, 11) is 0. The van der Waals surface area contributed by atoms with Crippen LogP contribution in [0, 0.1) is 0 Å². The number of aromatic amines is 2. The van der Waals surface area contributed by atoms with Crippen molar-refractivity contribution in [3.8, 4) is 11.3 Å². The highest BCUT2D eigenvalue weighted by Crippen LogP contribution is 2.27. The Kier molecular flexibility index (Phi) is 5.15. The van der Waals surface area contributed by atoms with E-state index in [1.54, 1.807) is 0 Å². The summed E-state index contributed by atoms with van der Waals surface area (Å²) in [4.78, 5) is 21.2. The summed E-state index contributed by atoms with van der Waals surface area (Å²) in [5.74, 6) is 0. The van der Waals surface area contributed by atoms with Crippen LogP contribution < -0.4 is 0 Å². The minimum Gasteiger partial charge on any atom is -0.355 e. The van der Waals surface area contributed by atoms with Crippen LogP contribution in [0.1, 0.15) is 48.1 Å². The fourth-order valence-corrected chi connectivity index (χ4v) is 4.39. The van der Waals surface area contributed by atoms with E-state index < -0.39 is 0 Å². The summed E-state index contributed by atoms with van der Waals surface area (Å²) in [5, 5.41) is 0. The highest BCUT2D eigenvalue weighted by atomic mass is 14.8. The zero-order valence-electron chi connectivity index (χ0n) is 19.0. The van der Waals surface area contributed by atoms with E-state index in [-0.39, 0.29) is 0 Å². The molecule has 0 unspecified atom stereocenters. The topological polar surface area (TPSA) is 70.2 Å². The second-order valence-corrected chi connectivity index (χ2v) is 8.74. The number of hydrogen-bond acceptors (Lipinski definition) is 3. The van der Waals surface area contributed by atoms with Crippen molar-refractivity contribution < 1.29 is 0 Å². The Labute approximate surface area is 198 Å². The van der Waals surface area contributed by atoms with Gasteiger partial charge in [0.2, 0.25) is 0 Å². The molecule has 0 aromatic carbocycles. The van der Waals surface area contributed by atoms with E-state index >= 15 is 0 Å². The zero-order chi connectivity index (χ0) is 22.9. The first-order chi connectivity index (χ1) is 16.7. The molecule has 2 N–H and O–H groups in total. The first kappa shape index (κ1) is 20.4. The molecule has 0 aliphatic carbocycles. The second-order valence-electron chi connectivity index (χ2n) is 8.74. The molecule has 0 atom stereocenters. The lowest BCUT2D eigenvalue weighted by Gasteiger charge is -2.03. The summed E-state index contributed by atoms with van der Waals surface area (Å²) in [5.41, 5.74) is 11.0. The third kappa shape index (κ3) is 4.20. The molecule has 4 aromatic rings. The number of pyridine rings is 1. The molecule has 0 fully saturated rings. The van der Waals surface area contributed by atoms with Crippen molar-refractivity contribution in [2.45, 2.75) is 26.2 Å². The molecule has 6 heterocycles. The van der Waals surface area contributed by atoms with Crippen molar-refractivity contribution in [1.82, 2.24) is 24.9 Å². The lowest BCUT2D eigenvalue weighted by molar-refractivity contribution is 0.794. The van der Waals surface area contributed by atoms with Crippen molar-refractivity contribution in [3.05, 3.63) is 89.1 Å². The molecule has 166 valence electrons. The summed E-state index contributed by atoms with van der Waals surface area (Å²) in [6, 6.07) is 18.9. The van der Waals surface area contributed by atoms with Crippen molar-refractivity contribution in [2.75, 3.05) is 0 Å². The monoisotopic (exact) mass is 443 g/mol. The van der Waals surface area contributed by atoms with Crippen molar-refractivity contribution in [1.29, 1.82) is 0 Å². The van der Waals surface area contributed by atoms with Crippen LogP contribution in [0.5, 0.6) is 0 Å². The molecular formula is C29H25N5. The molecule has 0 saturated carbocycles. The number of fused-ring (bicyclic) bond motifs is 8. The van der Waals surface area contributed by atoms with Gasteiger partial charge in [-0.2, -0.15) is 0 Å². The van der Waals surface area contributed by atoms with Gasteiger partial charge in [-0.15, -0.1) is 0 Å². The minimum atomic E-state index is 0.893. The maximum absolute atomic E-state index is 4.79. The van der Waals surface area contributed by atoms with Gasteiger partial charge in [-0.25, -0.2) is 9.97 Å². The van der Waals surface area contributed by atoms with Crippen LogP contribution in [-0.2, 0) is 6.42 Å². The number of nitrogens with one attached hydrogen (secondary N) is 2. The van der Waals surface area contributed by atoms with Gasteiger partial charge in [-0.1, -0.05) is 13.3 Å². The van der Waals surface area contributed by atoms with E-state index in [2.05, 4.69) is 65.4 Å². The SMILES string of the molecule is CCCCc1ccnc(-c2cc3cc4ccc(cc5nc(cc6nc(cc2[nH]3)C=C6)C=C5)[nH]4)c1. The first-order valence-corrected chi connectivity index (χ1v) is 11.8. The van der Waals surface area contributed by atoms with Gasteiger partial charge in [0.1, 0.15) is 0 Å². The van der Waals surface area contributed by atoms with Crippen molar-refractivity contribution >= 4 is 46.4 Å². The maximum atomic E-state index is 4.79. The van der Waals surface area contributed by atoms with E-state index in [0.717, 1.165) is 62.5 Å². The van der Waals surface area contributed by atoms with Gasteiger partial charge < -0.3 is 9.97 Å². The highest BCUT2D eigenvalue weighted by Gasteiger charge is 2.09. The molecule has 5 heteroatoms. The van der Waals surface area contributed by atoms with Crippen LogP contribution in [0.4, 0.5) is 0 Å². The van der Waals surface area contributed by atoms with E-state index in [0.29, 0.717) is 0 Å². The molecule has 34 heavy (non-hydrogen) atoms. The summed E-state index contributed by atoms with van der Waals surface area (Å²) in [6.07, 6.45) is 13.4. The standard InChI is InChI=1S/C29H25N5/c1-2-3-4-19-11-12-30-28(13-19)27-17-26-16-24-8-7-22(32-24)14-20-5-6-21(31-20)15-23-9-10-25(33-23)18-29(27)34-26/h5-18,32,34H,2-4H2,1H3. The number of hydrogen-bond donors (Lipinski definition) is 2. The van der Waals surface area contributed by atoms with Crippen molar-refractivity contribution in [2.24, 2.45) is 0 Å². The second kappa shape index (κ2) is 8.60. The Balaban J connectivity index is 1.59. The fraction of sp³-hybridized carbons (Fsp3) is 0.138. The Morgan fingerprint density at radius 3 is 2.15 bits per heavy atom. The lowest BCUT2D eigenvalue weighted by Crippen LogP contribution is -1.88. The van der Waals surface area contributed by atoms with Gasteiger partial charge in [-0.3, -0.25) is 4.98 Å². The number of H-pyrrole nitrogens is 2. The molecule has 2 aliphatic rings. The molecule has 4 aromatic heterocycles. The molecule has 0 radical (unpaired) electrons. The molecule has 2 aliphatic heterocycles. The number of aryl methyl sites for hydroxylation is 1. The average Bonchev–Trinajstić information content (AvgIpc) is 3.63. The predicted molar refractivity (Wildman–Crippen MR) is 141 cm³/mol. The van der Waals surface area contributed by atoms with E-state index in [9.17, 15) is 0 Å². The van der Waals surface area contributed by atoms with Crippen LogP contribution in [0.2, 0.25) is 0 Å². The number of rotatable bonds is 4. The Morgan fingerprint density at radius 2 is 1.38 bits per heavy atom. The van der Waals surface area contributed by atoms with E-state index in [1.165, 1.54) is 18.4 Å². The van der Waals surface area contributed by atoms with Gasteiger partial charge in [0.25, 0.3) is 0 Å². The van der Waals surface area contributed by atoms with Gasteiger partial charge in [0.05, 0.1) is 34.0 Å². The van der Waals surface area contributed by atoms with Crippen LogP contribution in [-0.4, -0.2) is 24.9 Å². The van der Waals surface area contributed by atoms with Crippen LogP contribution in [0.3, 0.4) is 0 Å². The van der Waals surface area contributed by atoms with E-state index in [4.69, 9.17) is 15.0 Å². The van der Waals surface area contributed by atoms with Crippen molar-refractivity contribution in [3.63, 3.8) is 0 Å². The minimum absolute atomic E-state index is 0.893.